The Morgan fingerprint density at radius 1 is 1.85 bits per heavy atom. The first kappa shape index (κ1) is 9.73. The standard InChI is InChI=1S/C8H13N3O2/c1-6(12)9-4-8(13)7-3-10-11(2)5-7/h3,5,8,13H,4H2,1-2H3,(H,9,12). The van der Waals surface area contributed by atoms with E-state index in [-0.39, 0.29) is 12.5 Å². The summed E-state index contributed by atoms with van der Waals surface area (Å²) in [6.07, 6.45) is 2.61. The molecule has 1 rings (SSSR count). The number of carbonyl (C=O) groups is 1. The third-order valence-corrected chi connectivity index (χ3v) is 1.65. The molecule has 0 aliphatic carbocycles. The summed E-state index contributed by atoms with van der Waals surface area (Å²) in [7, 11) is 1.77. The number of rotatable bonds is 3. The van der Waals surface area contributed by atoms with E-state index < -0.39 is 6.10 Å². The van der Waals surface area contributed by atoms with Gasteiger partial charge in [0.15, 0.2) is 0 Å². The molecule has 0 saturated heterocycles. The van der Waals surface area contributed by atoms with Crippen LogP contribution < -0.4 is 5.32 Å². The first-order valence-corrected chi connectivity index (χ1v) is 4.00. The number of hydrogen-bond donors (Lipinski definition) is 2. The lowest BCUT2D eigenvalue weighted by molar-refractivity contribution is -0.119. The van der Waals surface area contributed by atoms with Crippen LogP contribution in [-0.2, 0) is 11.8 Å². The second kappa shape index (κ2) is 4.04. The van der Waals surface area contributed by atoms with E-state index in [1.54, 1.807) is 24.1 Å². The summed E-state index contributed by atoms with van der Waals surface area (Å²) in [5.74, 6) is -0.150. The quantitative estimate of drug-likeness (QED) is 0.669. The van der Waals surface area contributed by atoms with Crippen LogP contribution >= 0.6 is 0 Å². The minimum Gasteiger partial charge on any atom is -0.386 e. The van der Waals surface area contributed by atoms with Crippen LogP contribution in [0.15, 0.2) is 12.4 Å². The van der Waals surface area contributed by atoms with Gasteiger partial charge in [-0.05, 0) is 0 Å². The molecule has 1 heterocycles. The highest BCUT2D eigenvalue weighted by Gasteiger charge is 2.09. The van der Waals surface area contributed by atoms with E-state index in [0.717, 1.165) is 0 Å². The van der Waals surface area contributed by atoms with Crippen molar-refractivity contribution in [2.45, 2.75) is 13.0 Å². The second-order valence-corrected chi connectivity index (χ2v) is 2.90. The molecule has 0 radical (unpaired) electrons. The molecule has 5 heteroatoms. The van der Waals surface area contributed by atoms with Gasteiger partial charge in [-0.2, -0.15) is 5.10 Å². The minimum atomic E-state index is -0.683. The molecule has 0 aliphatic heterocycles. The minimum absolute atomic E-state index is 0.150. The van der Waals surface area contributed by atoms with Crippen LogP contribution in [0.3, 0.4) is 0 Å². The van der Waals surface area contributed by atoms with Crippen LogP contribution in [-0.4, -0.2) is 27.3 Å². The van der Waals surface area contributed by atoms with Gasteiger partial charge in [0.2, 0.25) is 5.91 Å². The van der Waals surface area contributed by atoms with Crippen molar-refractivity contribution in [2.75, 3.05) is 6.54 Å². The molecule has 0 bridgehead atoms. The summed E-state index contributed by atoms with van der Waals surface area (Å²) >= 11 is 0. The normalized spacial score (nSPS) is 12.5. The molecule has 1 unspecified atom stereocenters. The smallest absolute Gasteiger partial charge is 0.216 e. The Balaban J connectivity index is 2.48. The molecule has 0 aliphatic rings. The van der Waals surface area contributed by atoms with Crippen molar-refractivity contribution in [1.82, 2.24) is 15.1 Å². The first-order chi connectivity index (χ1) is 6.09. The van der Waals surface area contributed by atoms with E-state index in [0.29, 0.717) is 5.56 Å². The van der Waals surface area contributed by atoms with Gasteiger partial charge >= 0.3 is 0 Å². The van der Waals surface area contributed by atoms with E-state index in [9.17, 15) is 9.90 Å². The molecule has 0 spiro atoms. The molecule has 0 aromatic carbocycles. The average molecular weight is 183 g/mol. The number of nitrogens with zero attached hydrogens (tertiary/aromatic N) is 2. The van der Waals surface area contributed by atoms with Crippen molar-refractivity contribution in [2.24, 2.45) is 7.05 Å². The molecule has 5 nitrogen and oxygen atoms in total. The fourth-order valence-electron chi connectivity index (χ4n) is 0.970. The van der Waals surface area contributed by atoms with E-state index >= 15 is 0 Å². The van der Waals surface area contributed by atoms with Gasteiger partial charge in [0.25, 0.3) is 0 Å². The van der Waals surface area contributed by atoms with E-state index in [2.05, 4.69) is 10.4 Å². The molecular formula is C8H13N3O2. The summed E-state index contributed by atoms with van der Waals surface area (Å²) in [6, 6.07) is 0. The highest BCUT2D eigenvalue weighted by molar-refractivity contribution is 5.72. The molecule has 2 N–H and O–H groups in total. The van der Waals surface area contributed by atoms with Crippen molar-refractivity contribution >= 4 is 5.91 Å². The van der Waals surface area contributed by atoms with Gasteiger partial charge in [0.05, 0.1) is 12.3 Å². The van der Waals surface area contributed by atoms with Crippen molar-refractivity contribution in [1.29, 1.82) is 0 Å². The van der Waals surface area contributed by atoms with Crippen molar-refractivity contribution in [3.63, 3.8) is 0 Å². The monoisotopic (exact) mass is 183 g/mol. The van der Waals surface area contributed by atoms with Crippen LogP contribution in [0.2, 0.25) is 0 Å². The summed E-state index contributed by atoms with van der Waals surface area (Å²) in [5, 5.41) is 16.0. The van der Waals surface area contributed by atoms with Crippen LogP contribution in [0.5, 0.6) is 0 Å². The van der Waals surface area contributed by atoms with Gasteiger partial charge < -0.3 is 10.4 Å². The van der Waals surface area contributed by atoms with Gasteiger partial charge in [-0.25, -0.2) is 0 Å². The Morgan fingerprint density at radius 2 is 2.54 bits per heavy atom. The van der Waals surface area contributed by atoms with Crippen LogP contribution in [0.25, 0.3) is 0 Å². The van der Waals surface area contributed by atoms with E-state index in [1.165, 1.54) is 6.92 Å². The maximum Gasteiger partial charge on any atom is 0.216 e. The topological polar surface area (TPSA) is 67.2 Å². The Bertz CT molecular complexity index is 295. The number of nitrogens with one attached hydrogen (secondary N) is 1. The lowest BCUT2D eigenvalue weighted by Crippen LogP contribution is -2.25. The van der Waals surface area contributed by atoms with Gasteiger partial charge in [-0.15, -0.1) is 0 Å². The Morgan fingerprint density at radius 3 is 3.00 bits per heavy atom. The molecule has 13 heavy (non-hydrogen) atoms. The third kappa shape index (κ3) is 2.87. The average Bonchev–Trinajstić information content (AvgIpc) is 2.47. The molecule has 0 saturated carbocycles. The molecule has 1 aromatic rings. The number of carbonyl (C=O) groups excluding carboxylic acids is 1. The highest BCUT2D eigenvalue weighted by Crippen LogP contribution is 2.09. The molecule has 1 atom stereocenters. The zero-order valence-electron chi connectivity index (χ0n) is 7.69. The second-order valence-electron chi connectivity index (χ2n) is 2.90. The van der Waals surface area contributed by atoms with Gasteiger partial charge in [0, 0.05) is 32.3 Å². The van der Waals surface area contributed by atoms with Gasteiger partial charge in [-0.1, -0.05) is 0 Å². The lowest BCUT2D eigenvalue weighted by Gasteiger charge is -2.07. The number of aliphatic hydroxyl groups is 1. The summed E-state index contributed by atoms with van der Waals surface area (Å²) < 4.78 is 1.60. The number of aliphatic hydroxyl groups excluding tert-OH is 1. The lowest BCUT2D eigenvalue weighted by atomic mass is 10.2. The zero-order valence-corrected chi connectivity index (χ0v) is 7.69. The Kier molecular flexibility index (Phi) is 3.02. The zero-order chi connectivity index (χ0) is 9.84. The Hall–Kier alpha value is -1.36. The fraction of sp³-hybridized carbons (Fsp3) is 0.500. The number of amides is 1. The molecule has 0 fully saturated rings. The van der Waals surface area contributed by atoms with E-state index in [1.807, 2.05) is 0 Å². The van der Waals surface area contributed by atoms with Gasteiger partial charge in [-0.3, -0.25) is 9.48 Å². The van der Waals surface area contributed by atoms with Crippen molar-refractivity contribution in [3.05, 3.63) is 18.0 Å². The van der Waals surface area contributed by atoms with Crippen molar-refractivity contribution in [3.8, 4) is 0 Å². The summed E-state index contributed by atoms with van der Waals surface area (Å²) in [4.78, 5) is 10.5. The van der Waals surface area contributed by atoms with Crippen LogP contribution in [0.1, 0.15) is 18.6 Å². The number of hydrogen-bond acceptors (Lipinski definition) is 3. The maximum atomic E-state index is 10.5. The largest absolute Gasteiger partial charge is 0.386 e. The van der Waals surface area contributed by atoms with Gasteiger partial charge in [0.1, 0.15) is 0 Å². The third-order valence-electron chi connectivity index (χ3n) is 1.65. The SMILES string of the molecule is CC(=O)NCC(O)c1cnn(C)c1. The molecule has 72 valence electrons. The van der Waals surface area contributed by atoms with E-state index in [4.69, 9.17) is 0 Å². The maximum absolute atomic E-state index is 10.5. The first-order valence-electron chi connectivity index (χ1n) is 4.00. The van der Waals surface area contributed by atoms with Crippen molar-refractivity contribution < 1.29 is 9.90 Å². The fourth-order valence-corrected chi connectivity index (χ4v) is 0.970. The predicted molar refractivity (Wildman–Crippen MR) is 46.9 cm³/mol. The van der Waals surface area contributed by atoms with Crippen LogP contribution in [0.4, 0.5) is 0 Å². The number of aryl methyl sites for hydroxylation is 1. The highest BCUT2D eigenvalue weighted by atomic mass is 16.3. The Labute approximate surface area is 76.4 Å². The predicted octanol–water partition coefficient (Wildman–Crippen LogP) is -0.410. The molecular weight excluding hydrogens is 170 g/mol. The summed E-state index contributed by atoms with van der Waals surface area (Å²) in [6.45, 7) is 1.64. The molecule has 1 aromatic heterocycles. The number of aromatic nitrogens is 2. The molecule has 1 amide bonds. The summed E-state index contributed by atoms with van der Waals surface area (Å²) in [5.41, 5.74) is 0.705. The van der Waals surface area contributed by atoms with Crippen LogP contribution in [0, 0.1) is 0 Å².